The number of carbonyl (C=O) groups is 1. The van der Waals surface area contributed by atoms with Crippen molar-refractivity contribution in [1.82, 2.24) is 15.1 Å². The lowest BCUT2D eigenvalue weighted by atomic mass is 10.1. The summed E-state index contributed by atoms with van der Waals surface area (Å²) in [6.07, 6.45) is -2.91. The third-order valence-electron chi connectivity index (χ3n) is 6.39. The summed E-state index contributed by atoms with van der Waals surface area (Å²) < 4.78 is 44.6. The number of nitrogens with zero attached hydrogens (tertiary/aromatic N) is 4. The highest BCUT2D eigenvalue weighted by Gasteiger charge is 2.32. The Morgan fingerprint density at radius 3 is 2.57 bits per heavy atom. The van der Waals surface area contributed by atoms with E-state index in [0.29, 0.717) is 56.2 Å². The second-order valence-electron chi connectivity index (χ2n) is 8.82. The summed E-state index contributed by atoms with van der Waals surface area (Å²) in [6.45, 7) is 3.85. The van der Waals surface area contributed by atoms with Gasteiger partial charge in [0.15, 0.2) is 0 Å². The Kier molecular flexibility index (Phi) is 6.10. The van der Waals surface area contributed by atoms with Crippen LogP contribution in [0.25, 0.3) is 10.9 Å². The van der Waals surface area contributed by atoms with Gasteiger partial charge in [-0.05, 0) is 42.0 Å². The van der Waals surface area contributed by atoms with Crippen molar-refractivity contribution >= 4 is 33.9 Å². The lowest BCUT2D eigenvalue weighted by Gasteiger charge is -2.39. The molecule has 11 heteroatoms. The summed E-state index contributed by atoms with van der Waals surface area (Å²) in [4.78, 5) is 16.6. The van der Waals surface area contributed by atoms with E-state index in [9.17, 15) is 18.0 Å². The van der Waals surface area contributed by atoms with Crippen LogP contribution in [-0.2, 0) is 22.3 Å². The van der Waals surface area contributed by atoms with Crippen molar-refractivity contribution in [2.45, 2.75) is 12.7 Å². The first kappa shape index (κ1) is 23.2. The number of carbonyl (C=O) groups excluding carboxylic acids is 1. The quantitative estimate of drug-likeness (QED) is 0.535. The Hall–Kier alpha value is -3.60. The number of rotatable bonds is 5. The maximum atomic E-state index is 13.1. The zero-order valence-electron chi connectivity index (χ0n) is 18.9. The highest BCUT2D eigenvalue weighted by molar-refractivity contribution is 5.93. The van der Waals surface area contributed by atoms with Gasteiger partial charge in [0, 0.05) is 49.5 Å². The molecule has 2 fully saturated rings. The zero-order valence-corrected chi connectivity index (χ0v) is 18.9. The second kappa shape index (κ2) is 9.21. The van der Waals surface area contributed by atoms with E-state index in [1.807, 2.05) is 23.1 Å². The number of aromatic nitrogens is 2. The third kappa shape index (κ3) is 4.95. The number of nitrogens with one attached hydrogen (secondary N) is 1. The molecular formula is C24H25F3N6O2. The Morgan fingerprint density at radius 1 is 1.11 bits per heavy atom. The molecular weight excluding hydrogens is 461 g/mol. The molecule has 2 aromatic carbocycles. The molecule has 1 aromatic heterocycles. The average molecular weight is 486 g/mol. The molecule has 0 atom stereocenters. The number of ether oxygens (including phenoxy) is 1. The predicted octanol–water partition coefficient (Wildman–Crippen LogP) is 3.14. The number of nitrogens with two attached hydrogens (primary N) is 1. The number of piperazine rings is 1. The smallest absolute Gasteiger partial charge is 0.399 e. The fourth-order valence-electron chi connectivity index (χ4n) is 4.39. The molecule has 184 valence electrons. The van der Waals surface area contributed by atoms with Crippen LogP contribution in [0.15, 0.2) is 42.6 Å². The largest absolute Gasteiger partial charge is 0.416 e. The molecule has 0 radical (unpaired) electrons. The molecule has 0 spiro atoms. The average Bonchev–Trinajstić information content (AvgIpc) is 2.80. The van der Waals surface area contributed by atoms with Crippen LogP contribution in [0.4, 0.5) is 30.2 Å². The van der Waals surface area contributed by atoms with E-state index in [4.69, 9.17) is 10.5 Å². The van der Waals surface area contributed by atoms with Crippen LogP contribution >= 0.6 is 0 Å². The topological polar surface area (TPSA) is 96.6 Å². The molecule has 3 N–H and O–H groups in total. The SMILES string of the molecule is Nc1cc(CNc2cnnc3ccc(N4CCN(C(=O)C5COC5)CC4)cc23)cc(C(F)(F)F)c1. The van der Waals surface area contributed by atoms with E-state index in [-0.39, 0.29) is 24.1 Å². The van der Waals surface area contributed by atoms with Gasteiger partial charge in [0.05, 0.1) is 42.1 Å². The number of halogens is 3. The Morgan fingerprint density at radius 2 is 1.89 bits per heavy atom. The van der Waals surface area contributed by atoms with Gasteiger partial charge in [-0.25, -0.2) is 0 Å². The minimum absolute atomic E-state index is 0.0124. The van der Waals surface area contributed by atoms with Gasteiger partial charge < -0.3 is 25.6 Å². The fraction of sp³-hybridized carbons (Fsp3) is 0.375. The van der Waals surface area contributed by atoms with Gasteiger partial charge in [0.25, 0.3) is 0 Å². The highest BCUT2D eigenvalue weighted by Crippen LogP contribution is 2.32. The van der Waals surface area contributed by atoms with Gasteiger partial charge in [-0.2, -0.15) is 23.4 Å². The molecule has 0 bridgehead atoms. The van der Waals surface area contributed by atoms with Crippen LogP contribution in [0.5, 0.6) is 0 Å². The summed E-state index contributed by atoms with van der Waals surface area (Å²) in [5.74, 6) is 0.146. The van der Waals surface area contributed by atoms with Gasteiger partial charge in [-0.1, -0.05) is 0 Å². The van der Waals surface area contributed by atoms with E-state index in [2.05, 4.69) is 20.4 Å². The zero-order chi connectivity index (χ0) is 24.6. The summed E-state index contributed by atoms with van der Waals surface area (Å²) >= 11 is 0. The Balaban J connectivity index is 1.31. The molecule has 2 aliphatic rings. The van der Waals surface area contributed by atoms with E-state index < -0.39 is 11.7 Å². The molecule has 2 saturated heterocycles. The third-order valence-corrected chi connectivity index (χ3v) is 6.39. The molecule has 8 nitrogen and oxygen atoms in total. The number of amides is 1. The Labute approximate surface area is 199 Å². The first-order valence-corrected chi connectivity index (χ1v) is 11.4. The van der Waals surface area contributed by atoms with Crippen LogP contribution in [-0.4, -0.2) is 60.4 Å². The minimum Gasteiger partial charge on any atom is -0.399 e. The van der Waals surface area contributed by atoms with E-state index in [0.717, 1.165) is 23.2 Å². The standard InChI is InChI=1S/C24H25F3N6O2/c25-24(26,27)17-7-15(8-18(28)9-17)11-29-22-12-30-31-21-2-1-19(10-20(21)22)32-3-5-33(6-4-32)23(34)16-13-35-14-16/h1-2,7-10,12,16H,3-6,11,13-14,28H2,(H,29,31). The number of hydrogen-bond donors (Lipinski definition) is 2. The van der Waals surface area contributed by atoms with Crippen LogP contribution < -0.4 is 16.0 Å². The van der Waals surface area contributed by atoms with E-state index >= 15 is 0 Å². The molecule has 0 aliphatic carbocycles. The number of anilines is 3. The number of alkyl halides is 3. The van der Waals surface area contributed by atoms with Gasteiger partial charge in [-0.3, -0.25) is 4.79 Å². The maximum absolute atomic E-state index is 13.1. The number of nitrogen functional groups attached to an aromatic ring is 1. The molecule has 0 saturated carbocycles. The normalized spacial score (nSPS) is 16.9. The van der Waals surface area contributed by atoms with Crippen LogP contribution in [0, 0.1) is 5.92 Å². The van der Waals surface area contributed by atoms with Crippen molar-refractivity contribution in [3.8, 4) is 0 Å². The fourth-order valence-corrected chi connectivity index (χ4v) is 4.39. The van der Waals surface area contributed by atoms with Gasteiger partial charge >= 0.3 is 6.18 Å². The molecule has 5 rings (SSSR count). The molecule has 3 aromatic rings. The van der Waals surface area contributed by atoms with Crippen molar-refractivity contribution in [3.05, 3.63) is 53.7 Å². The number of hydrogen-bond acceptors (Lipinski definition) is 7. The minimum atomic E-state index is -4.47. The highest BCUT2D eigenvalue weighted by atomic mass is 19.4. The van der Waals surface area contributed by atoms with Crippen molar-refractivity contribution in [1.29, 1.82) is 0 Å². The maximum Gasteiger partial charge on any atom is 0.416 e. The Bertz CT molecular complexity index is 1240. The predicted molar refractivity (Wildman–Crippen MR) is 126 cm³/mol. The molecule has 3 heterocycles. The summed E-state index contributed by atoms with van der Waals surface area (Å²) in [7, 11) is 0. The monoisotopic (exact) mass is 486 g/mol. The van der Waals surface area contributed by atoms with Crippen molar-refractivity contribution in [2.24, 2.45) is 5.92 Å². The summed E-state index contributed by atoms with van der Waals surface area (Å²) in [5.41, 5.74) is 7.68. The van der Waals surface area contributed by atoms with Gasteiger partial charge in [0.1, 0.15) is 0 Å². The van der Waals surface area contributed by atoms with E-state index in [1.54, 1.807) is 6.20 Å². The lowest BCUT2D eigenvalue weighted by molar-refractivity contribution is -0.150. The molecule has 1 amide bonds. The molecule has 0 unspecified atom stereocenters. The van der Waals surface area contributed by atoms with Crippen LogP contribution in [0.2, 0.25) is 0 Å². The first-order valence-electron chi connectivity index (χ1n) is 11.4. The summed E-state index contributed by atoms with van der Waals surface area (Å²) in [5, 5.41) is 12.2. The lowest BCUT2D eigenvalue weighted by Crippen LogP contribution is -2.53. The van der Waals surface area contributed by atoms with E-state index in [1.165, 1.54) is 6.07 Å². The number of benzene rings is 2. The van der Waals surface area contributed by atoms with Gasteiger partial charge in [0.2, 0.25) is 5.91 Å². The van der Waals surface area contributed by atoms with Crippen molar-refractivity contribution < 1.29 is 22.7 Å². The van der Waals surface area contributed by atoms with Crippen molar-refractivity contribution in [2.75, 3.05) is 55.3 Å². The van der Waals surface area contributed by atoms with Crippen molar-refractivity contribution in [3.63, 3.8) is 0 Å². The molecule has 2 aliphatic heterocycles. The number of fused-ring (bicyclic) bond motifs is 1. The van der Waals surface area contributed by atoms with Crippen LogP contribution in [0.1, 0.15) is 11.1 Å². The summed E-state index contributed by atoms with van der Waals surface area (Å²) in [6, 6.07) is 9.35. The second-order valence-corrected chi connectivity index (χ2v) is 8.82. The first-order chi connectivity index (χ1) is 16.8. The van der Waals surface area contributed by atoms with Gasteiger partial charge in [-0.15, -0.1) is 0 Å². The van der Waals surface area contributed by atoms with Crippen LogP contribution in [0.3, 0.4) is 0 Å². The molecule has 35 heavy (non-hydrogen) atoms.